The smallest absolute Gasteiger partial charge is 0.208 e. The minimum absolute atomic E-state index is 0.0954. The van der Waals surface area contributed by atoms with Crippen LogP contribution in [0.3, 0.4) is 0 Å². The van der Waals surface area contributed by atoms with Gasteiger partial charge < -0.3 is 4.79 Å². The van der Waals surface area contributed by atoms with E-state index in [4.69, 9.17) is 0 Å². The van der Waals surface area contributed by atoms with E-state index in [9.17, 15) is 4.79 Å². The quantitative estimate of drug-likeness (QED) is 0.611. The van der Waals surface area contributed by atoms with Crippen molar-refractivity contribution in [1.29, 1.82) is 0 Å². The maximum atomic E-state index is 12.9. The van der Waals surface area contributed by atoms with E-state index in [-0.39, 0.29) is 16.7 Å². The lowest BCUT2D eigenvalue weighted by Gasteiger charge is -2.37. The summed E-state index contributed by atoms with van der Waals surface area (Å²) in [5, 5.41) is 0. The van der Waals surface area contributed by atoms with Crippen LogP contribution in [-0.4, -0.2) is 13.0 Å². The van der Waals surface area contributed by atoms with E-state index in [1.54, 1.807) is 0 Å². The van der Waals surface area contributed by atoms with Gasteiger partial charge in [-0.1, -0.05) is 85.9 Å². The average molecular weight is 278 g/mol. The second-order valence-corrected chi connectivity index (χ2v) is 8.81. The highest BCUT2D eigenvalue weighted by Gasteiger charge is 2.36. The van der Waals surface area contributed by atoms with Gasteiger partial charge in [0.05, 0.1) is 5.68 Å². The summed E-state index contributed by atoms with van der Waals surface area (Å²) < 4.78 is 0. The Labute approximate surface area is 127 Å². The van der Waals surface area contributed by atoms with Gasteiger partial charge in [-0.25, -0.2) is 0 Å². The molecule has 1 saturated carbocycles. The average Bonchev–Trinajstić information content (AvgIpc) is 2.36. The molecule has 0 saturated heterocycles. The van der Waals surface area contributed by atoms with Crippen molar-refractivity contribution in [1.82, 2.24) is 0 Å². The van der Waals surface area contributed by atoms with Gasteiger partial charge >= 0.3 is 0 Å². The van der Waals surface area contributed by atoms with Gasteiger partial charge in [0.1, 0.15) is 0 Å². The Morgan fingerprint density at radius 3 is 2.10 bits per heavy atom. The standard InChI is InChI=1S/C18H35BO/c1-7-18(5,6)13-15(17(2,3)4)16(20)19-14-11-9-8-10-12-14/h14-15,19H,7-13H2,1-6H3. The summed E-state index contributed by atoms with van der Waals surface area (Å²) in [6.07, 6.45) is 8.78. The molecule has 1 aliphatic rings. The number of carbonyl (C=O) groups excluding carboxylic acids is 1. The second-order valence-electron chi connectivity index (χ2n) is 8.81. The largest absolute Gasteiger partial charge is 0.311 e. The fraction of sp³-hybridized carbons (Fsp3) is 0.944. The van der Waals surface area contributed by atoms with Gasteiger partial charge in [0, 0.05) is 5.92 Å². The Kier molecular flexibility index (Phi) is 6.35. The molecule has 2 heteroatoms. The van der Waals surface area contributed by atoms with Gasteiger partial charge in [0.2, 0.25) is 7.28 Å². The molecule has 0 aliphatic heterocycles. The van der Waals surface area contributed by atoms with E-state index in [2.05, 4.69) is 41.5 Å². The van der Waals surface area contributed by atoms with E-state index in [0.717, 1.165) is 20.1 Å². The van der Waals surface area contributed by atoms with Crippen LogP contribution in [0.15, 0.2) is 0 Å². The molecule has 0 N–H and O–H groups in total. The summed E-state index contributed by atoms with van der Waals surface area (Å²) in [7, 11) is 0.835. The SMILES string of the molecule is CCC(C)(C)CC(C(=O)BC1CCCCC1)C(C)(C)C. The highest BCUT2D eigenvalue weighted by atomic mass is 16.1. The first-order valence-corrected chi connectivity index (χ1v) is 8.68. The molecule has 0 amide bonds. The Morgan fingerprint density at radius 2 is 1.65 bits per heavy atom. The lowest BCUT2D eigenvalue weighted by atomic mass is 9.50. The Morgan fingerprint density at radius 1 is 1.10 bits per heavy atom. The van der Waals surface area contributed by atoms with Crippen molar-refractivity contribution in [3.05, 3.63) is 0 Å². The van der Waals surface area contributed by atoms with Crippen LogP contribution in [0, 0.1) is 16.7 Å². The van der Waals surface area contributed by atoms with Gasteiger partial charge in [-0.15, -0.1) is 0 Å². The Bertz CT molecular complexity index is 308. The molecule has 0 spiro atoms. The van der Waals surface area contributed by atoms with Crippen LogP contribution in [0.5, 0.6) is 0 Å². The molecular formula is C18H35BO. The molecule has 0 aromatic carbocycles. The highest BCUT2D eigenvalue weighted by molar-refractivity contribution is 6.75. The molecule has 0 radical (unpaired) electrons. The van der Waals surface area contributed by atoms with Crippen LogP contribution in [0.2, 0.25) is 5.82 Å². The maximum absolute atomic E-state index is 12.9. The minimum atomic E-state index is 0.0954. The first-order valence-electron chi connectivity index (χ1n) is 8.68. The van der Waals surface area contributed by atoms with Gasteiger partial charge in [0.25, 0.3) is 0 Å². The summed E-state index contributed by atoms with van der Waals surface area (Å²) in [4.78, 5) is 12.9. The van der Waals surface area contributed by atoms with Gasteiger partial charge in [-0.3, -0.25) is 0 Å². The van der Waals surface area contributed by atoms with Gasteiger partial charge in [-0.2, -0.15) is 0 Å². The maximum Gasteiger partial charge on any atom is 0.208 e. The second kappa shape index (κ2) is 7.14. The van der Waals surface area contributed by atoms with Crippen molar-refractivity contribution < 1.29 is 4.79 Å². The normalized spacial score (nSPS) is 19.7. The predicted molar refractivity (Wildman–Crippen MR) is 90.6 cm³/mol. The third-order valence-corrected chi connectivity index (χ3v) is 5.36. The van der Waals surface area contributed by atoms with Crippen molar-refractivity contribution >= 4 is 13.0 Å². The molecule has 20 heavy (non-hydrogen) atoms. The summed E-state index contributed by atoms with van der Waals surface area (Å²) in [6.45, 7) is 13.6. The molecule has 116 valence electrons. The van der Waals surface area contributed by atoms with Gasteiger partial charge in [-0.05, 0) is 17.3 Å². The van der Waals surface area contributed by atoms with E-state index in [1.807, 2.05) is 0 Å². The molecule has 0 aromatic rings. The number of hydrogen-bond acceptors (Lipinski definition) is 1. The number of carbonyl (C=O) groups is 1. The lowest BCUT2D eigenvalue weighted by Crippen LogP contribution is -2.37. The molecule has 1 unspecified atom stereocenters. The van der Waals surface area contributed by atoms with Crippen LogP contribution in [0.1, 0.15) is 86.5 Å². The summed E-state index contributed by atoms with van der Waals surface area (Å²) in [6, 6.07) is 0. The zero-order valence-electron chi connectivity index (χ0n) is 14.7. The van der Waals surface area contributed by atoms with Crippen molar-refractivity contribution in [2.45, 2.75) is 92.3 Å². The summed E-state index contributed by atoms with van der Waals surface area (Å²) >= 11 is 0. The molecule has 1 nitrogen and oxygen atoms in total. The molecule has 0 heterocycles. The topological polar surface area (TPSA) is 17.1 Å². The van der Waals surface area contributed by atoms with E-state index >= 15 is 0 Å². The third kappa shape index (κ3) is 5.62. The first kappa shape index (κ1) is 17.8. The summed E-state index contributed by atoms with van der Waals surface area (Å²) in [5.74, 6) is 0.894. The number of rotatable bonds is 6. The molecule has 1 aliphatic carbocycles. The van der Waals surface area contributed by atoms with Crippen LogP contribution >= 0.6 is 0 Å². The monoisotopic (exact) mass is 278 g/mol. The van der Waals surface area contributed by atoms with Crippen LogP contribution in [0.25, 0.3) is 0 Å². The number of hydrogen-bond donors (Lipinski definition) is 0. The molecule has 0 bridgehead atoms. The molecule has 0 aromatic heterocycles. The third-order valence-electron chi connectivity index (χ3n) is 5.36. The lowest BCUT2D eigenvalue weighted by molar-refractivity contribution is -0.119. The van der Waals surface area contributed by atoms with Crippen LogP contribution in [-0.2, 0) is 4.79 Å². The summed E-state index contributed by atoms with van der Waals surface area (Å²) in [5.41, 5.74) is 0.907. The molecule has 1 atom stereocenters. The van der Waals surface area contributed by atoms with E-state index in [1.165, 1.54) is 32.1 Å². The Hall–Kier alpha value is -0.265. The fourth-order valence-electron chi connectivity index (χ4n) is 3.42. The van der Waals surface area contributed by atoms with Gasteiger partial charge in [0.15, 0.2) is 0 Å². The van der Waals surface area contributed by atoms with Crippen molar-refractivity contribution in [3.8, 4) is 0 Å². The van der Waals surface area contributed by atoms with E-state index in [0.29, 0.717) is 11.5 Å². The first-order chi connectivity index (χ1) is 9.15. The van der Waals surface area contributed by atoms with Crippen molar-refractivity contribution in [3.63, 3.8) is 0 Å². The predicted octanol–water partition coefficient (Wildman–Crippen LogP) is 5.19. The molecule has 1 fully saturated rings. The molecular weight excluding hydrogens is 243 g/mol. The van der Waals surface area contributed by atoms with Crippen LogP contribution < -0.4 is 0 Å². The fourth-order valence-corrected chi connectivity index (χ4v) is 3.42. The van der Waals surface area contributed by atoms with Crippen molar-refractivity contribution in [2.75, 3.05) is 0 Å². The molecule has 1 rings (SSSR count). The van der Waals surface area contributed by atoms with Crippen molar-refractivity contribution in [2.24, 2.45) is 16.7 Å². The van der Waals surface area contributed by atoms with Crippen LogP contribution in [0.4, 0.5) is 0 Å². The Balaban J connectivity index is 2.69. The zero-order chi connectivity index (χ0) is 15.4. The van der Waals surface area contributed by atoms with E-state index < -0.39 is 0 Å². The highest BCUT2D eigenvalue weighted by Crippen LogP contribution is 2.39. The zero-order valence-corrected chi connectivity index (χ0v) is 14.7. The minimum Gasteiger partial charge on any atom is -0.311 e.